The average molecular weight is 275 g/mol. The molecule has 0 saturated carbocycles. The van der Waals surface area contributed by atoms with E-state index < -0.39 is 11.4 Å². The van der Waals surface area contributed by atoms with Gasteiger partial charge in [-0.2, -0.15) is 0 Å². The fraction of sp³-hybridized carbons (Fsp3) is 0.200. The molecule has 1 atom stereocenters. The minimum Gasteiger partial charge on any atom is -0.588 e. The van der Waals surface area contributed by atoms with Gasteiger partial charge >= 0.3 is 0 Å². The predicted molar refractivity (Wildman–Crippen MR) is 78.9 cm³/mol. The molecule has 4 heteroatoms. The van der Waals surface area contributed by atoms with Gasteiger partial charge in [0.25, 0.3) is 0 Å². The number of para-hydroxylation sites is 1. The number of anilines is 1. The van der Waals surface area contributed by atoms with Gasteiger partial charge in [0.1, 0.15) is 17.1 Å². The largest absolute Gasteiger partial charge is 0.588 e. The summed E-state index contributed by atoms with van der Waals surface area (Å²) in [6.45, 7) is 4.00. The normalized spacial score (nSPS) is 12.0. The molecule has 0 aliphatic heterocycles. The zero-order valence-electron chi connectivity index (χ0n) is 11.3. The Kier molecular flexibility index (Phi) is 4.35. The van der Waals surface area contributed by atoms with Crippen LogP contribution >= 0.6 is 0 Å². The Balaban J connectivity index is 2.18. The second-order valence-corrected chi connectivity index (χ2v) is 5.53. The van der Waals surface area contributed by atoms with Gasteiger partial charge in [0.15, 0.2) is 4.90 Å². The van der Waals surface area contributed by atoms with Crippen LogP contribution in [-0.4, -0.2) is 11.7 Å². The molecule has 0 amide bonds. The topological polar surface area (TPSA) is 44.3 Å². The van der Waals surface area contributed by atoms with Crippen molar-refractivity contribution in [3.05, 3.63) is 53.6 Å². The number of nitrogens with one attached hydrogen (secondary N) is 1. The van der Waals surface area contributed by atoms with Gasteiger partial charge in [0.05, 0.1) is 12.8 Å². The zero-order valence-corrected chi connectivity index (χ0v) is 12.1. The third-order valence-electron chi connectivity index (χ3n) is 2.95. The van der Waals surface area contributed by atoms with E-state index in [1.165, 1.54) is 0 Å². The molecule has 0 radical (unpaired) electrons. The van der Waals surface area contributed by atoms with Crippen molar-refractivity contribution < 1.29 is 9.29 Å². The van der Waals surface area contributed by atoms with Crippen LogP contribution in [-0.2, 0) is 11.4 Å². The molecular formula is C15H17NO2S. The number of hydrogen-bond acceptors (Lipinski definition) is 3. The van der Waals surface area contributed by atoms with E-state index in [2.05, 4.69) is 4.72 Å². The first-order valence-electron chi connectivity index (χ1n) is 6.00. The van der Waals surface area contributed by atoms with E-state index in [-0.39, 0.29) is 0 Å². The van der Waals surface area contributed by atoms with Gasteiger partial charge in [-0.3, -0.25) is 0 Å². The first-order chi connectivity index (χ1) is 9.11. The van der Waals surface area contributed by atoms with Gasteiger partial charge in [0.2, 0.25) is 0 Å². The van der Waals surface area contributed by atoms with E-state index in [1.54, 1.807) is 31.4 Å². The van der Waals surface area contributed by atoms with Crippen molar-refractivity contribution >= 4 is 17.0 Å². The molecule has 0 aliphatic rings. The fourth-order valence-electron chi connectivity index (χ4n) is 1.83. The van der Waals surface area contributed by atoms with E-state index in [1.807, 2.05) is 32.0 Å². The smallest absolute Gasteiger partial charge is 0.180 e. The van der Waals surface area contributed by atoms with Gasteiger partial charge in [-0.25, -0.2) is 4.72 Å². The van der Waals surface area contributed by atoms with Crippen LogP contribution in [0.3, 0.4) is 0 Å². The standard InChI is InChI=1S/C15H17NO2S/c1-11-5-4-6-12(2)15(11)16-19(17)14-9-7-13(18-3)8-10-14/h4-10,16H,1-3H3. The maximum atomic E-state index is 12.3. The molecule has 0 bridgehead atoms. The Hall–Kier alpha value is -1.65. The molecule has 0 aliphatic carbocycles. The van der Waals surface area contributed by atoms with E-state index in [0.29, 0.717) is 0 Å². The summed E-state index contributed by atoms with van der Waals surface area (Å²) in [7, 11) is 1.61. The molecule has 2 aromatic carbocycles. The average Bonchev–Trinajstić information content (AvgIpc) is 2.43. The van der Waals surface area contributed by atoms with Crippen LogP contribution in [0, 0.1) is 13.8 Å². The summed E-state index contributed by atoms with van der Waals surface area (Å²) in [5.74, 6) is 0.757. The summed E-state index contributed by atoms with van der Waals surface area (Å²) in [4.78, 5) is 0.725. The minimum absolute atomic E-state index is 0.725. The molecule has 1 N–H and O–H groups in total. The Morgan fingerprint density at radius 1 is 1.00 bits per heavy atom. The monoisotopic (exact) mass is 275 g/mol. The van der Waals surface area contributed by atoms with Crippen LogP contribution in [0.25, 0.3) is 0 Å². The summed E-state index contributed by atoms with van der Waals surface area (Å²) in [6, 6.07) is 13.2. The van der Waals surface area contributed by atoms with Crippen LogP contribution in [0.15, 0.2) is 47.4 Å². The molecule has 0 spiro atoms. The highest BCUT2D eigenvalue weighted by Crippen LogP contribution is 2.24. The summed E-state index contributed by atoms with van der Waals surface area (Å²) < 4.78 is 20.4. The quantitative estimate of drug-likeness (QED) is 0.869. The number of ether oxygens (including phenoxy) is 1. The number of rotatable bonds is 4. The molecule has 1 unspecified atom stereocenters. The first-order valence-corrected chi connectivity index (χ1v) is 7.15. The van der Waals surface area contributed by atoms with Gasteiger partial charge in [-0.05, 0) is 49.2 Å². The fourth-order valence-corrected chi connectivity index (χ4v) is 2.83. The third kappa shape index (κ3) is 3.22. The second-order valence-electron chi connectivity index (χ2n) is 4.31. The Morgan fingerprint density at radius 2 is 1.58 bits per heavy atom. The van der Waals surface area contributed by atoms with Gasteiger partial charge < -0.3 is 9.29 Å². The van der Waals surface area contributed by atoms with Gasteiger partial charge in [0, 0.05) is 0 Å². The van der Waals surface area contributed by atoms with Crippen molar-refractivity contribution in [3.8, 4) is 5.75 Å². The maximum absolute atomic E-state index is 12.3. The molecule has 100 valence electrons. The van der Waals surface area contributed by atoms with E-state index in [4.69, 9.17) is 4.74 Å². The Labute approximate surface area is 116 Å². The van der Waals surface area contributed by atoms with Crippen molar-refractivity contribution in [1.29, 1.82) is 0 Å². The van der Waals surface area contributed by atoms with Crippen LogP contribution in [0.5, 0.6) is 5.75 Å². The van der Waals surface area contributed by atoms with E-state index in [0.717, 1.165) is 27.5 Å². The van der Waals surface area contributed by atoms with Crippen molar-refractivity contribution in [3.63, 3.8) is 0 Å². The lowest BCUT2D eigenvalue weighted by Gasteiger charge is -2.15. The summed E-state index contributed by atoms with van der Waals surface area (Å²) >= 11 is -1.27. The van der Waals surface area contributed by atoms with Crippen LogP contribution in [0.1, 0.15) is 11.1 Å². The minimum atomic E-state index is -1.27. The number of methoxy groups -OCH3 is 1. The zero-order chi connectivity index (χ0) is 13.8. The van der Waals surface area contributed by atoms with Gasteiger partial charge in [-0.15, -0.1) is 0 Å². The van der Waals surface area contributed by atoms with Crippen LogP contribution in [0.2, 0.25) is 0 Å². The molecule has 19 heavy (non-hydrogen) atoms. The highest BCUT2D eigenvalue weighted by molar-refractivity contribution is 7.92. The van der Waals surface area contributed by atoms with Crippen molar-refractivity contribution in [2.24, 2.45) is 0 Å². The number of hydrogen-bond donors (Lipinski definition) is 1. The lowest BCUT2D eigenvalue weighted by atomic mass is 10.1. The van der Waals surface area contributed by atoms with Crippen LogP contribution in [0.4, 0.5) is 5.69 Å². The number of benzene rings is 2. The molecule has 0 aromatic heterocycles. The van der Waals surface area contributed by atoms with Crippen LogP contribution < -0.4 is 9.46 Å². The summed E-state index contributed by atoms with van der Waals surface area (Å²) in [6.07, 6.45) is 0. The lowest BCUT2D eigenvalue weighted by Crippen LogP contribution is -2.14. The van der Waals surface area contributed by atoms with Crippen molar-refractivity contribution in [2.75, 3.05) is 11.8 Å². The highest BCUT2D eigenvalue weighted by atomic mass is 32.2. The molecule has 2 aromatic rings. The molecule has 3 nitrogen and oxygen atoms in total. The summed E-state index contributed by atoms with van der Waals surface area (Å²) in [5, 5.41) is 0. The molecular weight excluding hydrogens is 258 g/mol. The Morgan fingerprint density at radius 3 is 2.11 bits per heavy atom. The second kappa shape index (κ2) is 5.99. The molecule has 0 fully saturated rings. The predicted octanol–water partition coefficient (Wildman–Crippen LogP) is 3.45. The Bertz CT molecular complexity index is 534. The van der Waals surface area contributed by atoms with Gasteiger partial charge in [-0.1, -0.05) is 18.2 Å². The molecule has 0 heterocycles. The molecule has 2 rings (SSSR count). The van der Waals surface area contributed by atoms with Crippen molar-refractivity contribution in [1.82, 2.24) is 0 Å². The lowest BCUT2D eigenvalue weighted by molar-refractivity contribution is 0.414. The first kappa shape index (κ1) is 13.8. The van der Waals surface area contributed by atoms with E-state index >= 15 is 0 Å². The summed E-state index contributed by atoms with van der Waals surface area (Å²) in [5.41, 5.74) is 3.10. The van der Waals surface area contributed by atoms with E-state index in [9.17, 15) is 4.55 Å². The van der Waals surface area contributed by atoms with Crippen molar-refractivity contribution in [2.45, 2.75) is 18.7 Å². The molecule has 0 saturated heterocycles. The maximum Gasteiger partial charge on any atom is 0.180 e. The number of aryl methyl sites for hydroxylation is 2. The third-order valence-corrected chi connectivity index (χ3v) is 4.04. The highest BCUT2D eigenvalue weighted by Gasteiger charge is 2.14. The SMILES string of the molecule is COc1ccc([S+]([O-])Nc2c(C)cccc2C)cc1.